The summed E-state index contributed by atoms with van der Waals surface area (Å²) in [4.78, 5) is 12.7. The maximum Gasteiger partial charge on any atom is 0.248 e. The molecule has 2 aromatic heterocycles. The third-order valence-electron chi connectivity index (χ3n) is 6.30. The van der Waals surface area contributed by atoms with E-state index in [9.17, 15) is 8.42 Å². The monoisotopic (exact) mass is 459 g/mol. The van der Waals surface area contributed by atoms with Gasteiger partial charge in [0.25, 0.3) is 0 Å². The SMILES string of the molecule is CC(C)[Si](C#Cc1cc(OCC2CC2)nc2nc(S(C)(=O)=O)ncc12)(C(C)C)C(C)C. The molecule has 2 aromatic rings. The van der Waals surface area contributed by atoms with Gasteiger partial charge in [0.1, 0.15) is 8.07 Å². The summed E-state index contributed by atoms with van der Waals surface area (Å²) in [6, 6.07) is 1.85. The van der Waals surface area contributed by atoms with Crippen LogP contribution in [0.2, 0.25) is 16.6 Å². The van der Waals surface area contributed by atoms with Gasteiger partial charge in [-0.1, -0.05) is 47.5 Å². The normalized spacial score (nSPS) is 14.9. The summed E-state index contributed by atoms with van der Waals surface area (Å²) in [6.45, 7) is 14.3. The Morgan fingerprint density at radius 3 is 2.23 bits per heavy atom. The highest BCUT2D eigenvalue weighted by molar-refractivity contribution is 7.90. The molecule has 0 bridgehead atoms. The van der Waals surface area contributed by atoms with Crippen LogP contribution in [0.3, 0.4) is 0 Å². The first-order valence-electron chi connectivity index (χ1n) is 11.0. The van der Waals surface area contributed by atoms with Crippen LogP contribution >= 0.6 is 0 Å². The lowest BCUT2D eigenvalue weighted by molar-refractivity contribution is 0.289. The van der Waals surface area contributed by atoms with Gasteiger partial charge in [-0.3, -0.25) is 0 Å². The Morgan fingerprint density at radius 1 is 1.10 bits per heavy atom. The second-order valence-corrected chi connectivity index (χ2v) is 17.1. The largest absolute Gasteiger partial charge is 0.477 e. The third-order valence-corrected chi connectivity index (χ3v) is 13.4. The van der Waals surface area contributed by atoms with Crippen molar-refractivity contribution in [2.45, 2.75) is 76.2 Å². The highest BCUT2D eigenvalue weighted by Gasteiger charge is 2.41. The van der Waals surface area contributed by atoms with E-state index < -0.39 is 17.9 Å². The van der Waals surface area contributed by atoms with Gasteiger partial charge in [-0.05, 0) is 35.4 Å². The third kappa shape index (κ3) is 5.09. The van der Waals surface area contributed by atoms with Crippen LogP contribution < -0.4 is 4.74 Å². The van der Waals surface area contributed by atoms with E-state index in [0.717, 1.165) is 11.8 Å². The molecule has 0 aromatic carbocycles. The summed E-state index contributed by atoms with van der Waals surface area (Å²) in [5, 5.41) is 0.416. The summed E-state index contributed by atoms with van der Waals surface area (Å²) in [6.07, 6.45) is 4.96. The first-order valence-corrected chi connectivity index (χ1v) is 15.1. The molecular formula is C23H33N3O3SSi. The molecule has 0 aliphatic heterocycles. The van der Waals surface area contributed by atoms with Crippen molar-refractivity contribution in [2.24, 2.45) is 5.92 Å². The van der Waals surface area contributed by atoms with Crippen LogP contribution in [-0.4, -0.2) is 44.3 Å². The Bertz CT molecular complexity index is 1110. The zero-order chi connectivity index (χ0) is 23.0. The van der Waals surface area contributed by atoms with Crippen molar-refractivity contribution in [3.63, 3.8) is 0 Å². The first kappa shape index (κ1) is 23.7. The number of hydrogen-bond acceptors (Lipinski definition) is 6. The minimum atomic E-state index is -3.54. The highest BCUT2D eigenvalue weighted by atomic mass is 32.2. The standard InChI is InChI=1S/C23H33N3O3SSi/c1-15(2)31(16(3)4,17(5)6)11-10-19-12-21(29-14-18-8-9-18)25-22-20(19)13-24-23(26-22)30(7,27)28/h12-13,15-18H,8-9,14H2,1-7H3. The van der Waals surface area contributed by atoms with E-state index in [4.69, 9.17) is 4.74 Å². The van der Waals surface area contributed by atoms with Crippen LogP contribution in [0.1, 0.15) is 59.9 Å². The predicted octanol–water partition coefficient (Wildman–Crippen LogP) is 4.79. The van der Waals surface area contributed by atoms with Gasteiger partial charge in [0, 0.05) is 24.1 Å². The fourth-order valence-electron chi connectivity index (χ4n) is 4.42. The first-order chi connectivity index (χ1) is 14.4. The minimum absolute atomic E-state index is 0.235. The van der Waals surface area contributed by atoms with Gasteiger partial charge in [0.05, 0.1) is 12.0 Å². The molecule has 0 spiro atoms. The lowest BCUT2D eigenvalue weighted by atomic mass is 10.2. The fraction of sp³-hybridized carbons (Fsp3) is 0.609. The maximum absolute atomic E-state index is 11.9. The van der Waals surface area contributed by atoms with E-state index in [1.165, 1.54) is 19.0 Å². The van der Waals surface area contributed by atoms with Crippen LogP contribution in [0.5, 0.6) is 5.88 Å². The van der Waals surface area contributed by atoms with Crippen LogP contribution in [-0.2, 0) is 9.84 Å². The Morgan fingerprint density at radius 2 is 1.71 bits per heavy atom. The molecule has 1 fully saturated rings. The van der Waals surface area contributed by atoms with Crippen LogP contribution in [0, 0.1) is 17.4 Å². The molecule has 2 heterocycles. The lowest BCUT2D eigenvalue weighted by Crippen LogP contribution is -2.43. The number of pyridine rings is 1. The number of hydrogen-bond donors (Lipinski definition) is 0. The van der Waals surface area contributed by atoms with Gasteiger partial charge in [-0.25, -0.2) is 13.4 Å². The van der Waals surface area contributed by atoms with Crippen LogP contribution in [0.15, 0.2) is 17.4 Å². The molecule has 1 aliphatic carbocycles. The zero-order valence-corrected chi connectivity index (χ0v) is 21.4. The average molecular weight is 460 g/mol. The smallest absolute Gasteiger partial charge is 0.248 e. The molecule has 0 unspecified atom stereocenters. The van der Waals surface area contributed by atoms with Gasteiger partial charge in [-0.2, -0.15) is 9.97 Å². The zero-order valence-electron chi connectivity index (χ0n) is 19.6. The Hall–Kier alpha value is -1.98. The van der Waals surface area contributed by atoms with Crippen molar-refractivity contribution < 1.29 is 13.2 Å². The Labute approximate surface area is 187 Å². The van der Waals surface area contributed by atoms with Crippen molar-refractivity contribution in [3.05, 3.63) is 17.8 Å². The lowest BCUT2D eigenvalue weighted by Gasteiger charge is -2.38. The number of rotatable bonds is 7. The Balaban J connectivity index is 2.16. The highest BCUT2D eigenvalue weighted by Crippen LogP contribution is 2.41. The summed E-state index contributed by atoms with van der Waals surface area (Å²) in [5.41, 5.74) is 6.29. The summed E-state index contributed by atoms with van der Waals surface area (Å²) >= 11 is 0. The van der Waals surface area contributed by atoms with Gasteiger partial charge in [-0.15, -0.1) is 5.54 Å². The fourth-order valence-corrected chi connectivity index (χ4v) is 10.1. The molecule has 8 heteroatoms. The molecule has 3 rings (SSSR count). The summed E-state index contributed by atoms with van der Waals surface area (Å²) < 4.78 is 29.8. The van der Waals surface area contributed by atoms with E-state index in [1.807, 2.05) is 6.07 Å². The molecular weight excluding hydrogens is 426 g/mol. The van der Waals surface area contributed by atoms with Crippen molar-refractivity contribution in [1.82, 2.24) is 15.0 Å². The summed E-state index contributed by atoms with van der Waals surface area (Å²) in [7, 11) is -5.48. The second kappa shape index (κ2) is 8.87. The molecule has 0 saturated heterocycles. The van der Waals surface area contributed by atoms with Crippen LogP contribution in [0.4, 0.5) is 0 Å². The number of sulfone groups is 1. The van der Waals surface area contributed by atoms with E-state index in [-0.39, 0.29) is 5.16 Å². The van der Waals surface area contributed by atoms with Gasteiger partial charge in [0.15, 0.2) is 5.65 Å². The van der Waals surface area contributed by atoms with Crippen molar-refractivity contribution >= 4 is 28.9 Å². The van der Waals surface area contributed by atoms with Crippen LogP contribution in [0.25, 0.3) is 11.0 Å². The molecule has 1 aliphatic rings. The molecule has 31 heavy (non-hydrogen) atoms. The molecule has 0 amide bonds. The molecule has 0 atom stereocenters. The average Bonchev–Trinajstić information content (AvgIpc) is 3.49. The Kier molecular flexibility index (Phi) is 6.77. The van der Waals surface area contributed by atoms with Crippen molar-refractivity contribution in [2.75, 3.05) is 12.9 Å². The van der Waals surface area contributed by atoms with E-state index in [0.29, 0.717) is 46.1 Å². The van der Waals surface area contributed by atoms with Gasteiger partial charge in [0.2, 0.25) is 20.9 Å². The number of nitrogens with zero attached hydrogens (tertiary/aromatic N) is 3. The number of fused-ring (bicyclic) bond motifs is 1. The molecule has 1 saturated carbocycles. The topological polar surface area (TPSA) is 82.0 Å². The molecule has 0 N–H and O–H groups in total. The molecule has 0 radical (unpaired) electrons. The van der Waals surface area contributed by atoms with Gasteiger partial charge >= 0.3 is 0 Å². The number of aromatic nitrogens is 3. The predicted molar refractivity (Wildman–Crippen MR) is 127 cm³/mol. The maximum atomic E-state index is 11.9. The molecule has 6 nitrogen and oxygen atoms in total. The van der Waals surface area contributed by atoms with Gasteiger partial charge < -0.3 is 4.74 Å². The quantitative estimate of drug-likeness (QED) is 0.336. The van der Waals surface area contributed by atoms with E-state index in [1.54, 1.807) is 0 Å². The number of ether oxygens (including phenoxy) is 1. The van der Waals surface area contributed by atoms with E-state index in [2.05, 4.69) is 68.0 Å². The molecule has 168 valence electrons. The van der Waals surface area contributed by atoms with E-state index >= 15 is 0 Å². The van der Waals surface area contributed by atoms with Crippen molar-refractivity contribution in [3.8, 4) is 17.3 Å². The second-order valence-electron chi connectivity index (χ2n) is 9.57. The summed E-state index contributed by atoms with van der Waals surface area (Å²) in [5.74, 6) is 4.45. The van der Waals surface area contributed by atoms with Crippen molar-refractivity contribution in [1.29, 1.82) is 0 Å². The minimum Gasteiger partial charge on any atom is -0.477 e.